The first-order chi connectivity index (χ1) is 9.70. The largest absolute Gasteiger partial charge is 0.347 e. The van der Waals surface area contributed by atoms with E-state index in [0.29, 0.717) is 17.7 Å². The number of carbonyl (C=O) groups is 1. The average molecular weight is 286 g/mol. The van der Waals surface area contributed by atoms with Gasteiger partial charge in [-0.15, -0.1) is 11.3 Å². The third-order valence-electron chi connectivity index (χ3n) is 2.48. The Hall–Kier alpha value is -2.23. The monoisotopic (exact) mass is 286 g/mol. The number of hydrogen-bond acceptors (Lipinski definition) is 5. The van der Waals surface area contributed by atoms with Crippen LogP contribution in [0.2, 0.25) is 0 Å². The quantitative estimate of drug-likeness (QED) is 0.828. The predicted octanol–water partition coefficient (Wildman–Crippen LogP) is 1.09. The Bertz CT molecular complexity index is 669. The van der Waals surface area contributed by atoms with Gasteiger partial charge in [-0.1, -0.05) is 11.8 Å². The van der Waals surface area contributed by atoms with E-state index in [4.69, 9.17) is 5.73 Å². The maximum atomic E-state index is 12.2. The zero-order chi connectivity index (χ0) is 14.4. The van der Waals surface area contributed by atoms with Gasteiger partial charge in [-0.3, -0.25) is 9.78 Å². The Morgan fingerprint density at radius 3 is 3.05 bits per heavy atom. The molecule has 0 spiro atoms. The van der Waals surface area contributed by atoms with Gasteiger partial charge in [0.1, 0.15) is 0 Å². The second-order valence-corrected chi connectivity index (χ2v) is 5.27. The maximum absolute atomic E-state index is 12.2. The Morgan fingerprint density at radius 1 is 1.50 bits per heavy atom. The zero-order valence-corrected chi connectivity index (χ0v) is 11.8. The molecule has 102 valence electrons. The third-order valence-corrected chi connectivity index (χ3v) is 3.40. The number of aryl methyl sites for hydroxylation is 1. The average Bonchev–Trinajstić information content (AvgIpc) is 2.88. The minimum Gasteiger partial charge on any atom is -0.347 e. The van der Waals surface area contributed by atoms with E-state index in [1.807, 2.05) is 6.92 Å². The van der Waals surface area contributed by atoms with Crippen LogP contribution in [0.4, 0.5) is 0 Å². The molecular weight excluding hydrogens is 272 g/mol. The first-order valence-corrected chi connectivity index (χ1v) is 6.85. The maximum Gasteiger partial charge on any atom is 0.252 e. The summed E-state index contributed by atoms with van der Waals surface area (Å²) in [6.45, 7) is 2.63. The van der Waals surface area contributed by atoms with Crippen molar-refractivity contribution in [1.29, 1.82) is 0 Å². The molecule has 3 N–H and O–H groups in total. The van der Waals surface area contributed by atoms with Crippen LogP contribution in [0.15, 0.2) is 24.7 Å². The van der Waals surface area contributed by atoms with Crippen molar-refractivity contribution in [2.75, 3.05) is 6.54 Å². The molecule has 0 fully saturated rings. The van der Waals surface area contributed by atoms with Crippen molar-refractivity contribution in [2.24, 2.45) is 5.73 Å². The number of carbonyl (C=O) groups excluding carboxylic acids is 1. The molecule has 0 unspecified atom stereocenters. The van der Waals surface area contributed by atoms with Gasteiger partial charge in [-0.25, -0.2) is 4.98 Å². The van der Waals surface area contributed by atoms with Crippen LogP contribution in [0.1, 0.15) is 25.8 Å². The van der Waals surface area contributed by atoms with E-state index in [0.717, 1.165) is 9.88 Å². The molecule has 6 heteroatoms. The summed E-state index contributed by atoms with van der Waals surface area (Å²) in [5.41, 5.74) is 6.42. The Morgan fingerprint density at radius 2 is 2.35 bits per heavy atom. The van der Waals surface area contributed by atoms with Crippen LogP contribution in [0.3, 0.4) is 0 Å². The van der Waals surface area contributed by atoms with Crippen LogP contribution in [0, 0.1) is 18.8 Å². The number of amides is 1. The van der Waals surface area contributed by atoms with E-state index in [1.54, 1.807) is 36.0 Å². The van der Waals surface area contributed by atoms with Crippen molar-refractivity contribution in [3.05, 3.63) is 45.7 Å². The summed E-state index contributed by atoms with van der Waals surface area (Å²) in [7, 11) is 0. The van der Waals surface area contributed by atoms with Gasteiger partial charge in [0.2, 0.25) is 0 Å². The lowest BCUT2D eigenvalue weighted by Gasteiger charge is -2.05. The fourth-order valence-electron chi connectivity index (χ4n) is 1.59. The topological polar surface area (TPSA) is 80.9 Å². The highest BCUT2D eigenvalue weighted by Gasteiger charge is 2.10. The number of aromatic nitrogens is 2. The van der Waals surface area contributed by atoms with Crippen molar-refractivity contribution in [3.8, 4) is 11.8 Å². The number of nitrogens with zero attached hydrogens (tertiary/aromatic N) is 2. The van der Waals surface area contributed by atoms with E-state index in [9.17, 15) is 4.79 Å². The summed E-state index contributed by atoms with van der Waals surface area (Å²) in [5.74, 6) is 5.39. The highest BCUT2D eigenvalue weighted by molar-refractivity contribution is 7.11. The van der Waals surface area contributed by atoms with Crippen molar-refractivity contribution >= 4 is 17.2 Å². The summed E-state index contributed by atoms with van der Waals surface area (Å²) in [6.07, 6.45) is 4.90. The molecule has 0 aromatic carbocycles. The summed E-state index contributed by atoms with van der Waals surface area (Å²) in [5, 5.41) is 3.83. The summed E-state index contributed by atoms with van der Waals surface area (Å²) in [6, 6.07) is 1.65. The molecule has 0 radical (unpaired) electrons. The van der Waals surface area contributed by atoms with Crippen LogP contribution in [-0.4, -0.2) is 22.4 Å². The second-order valence-electron chi connectivity index (χ2n) is 3.96. The van der Waals surface area contributed by atoms with Gasteiger partial charge >= 0.3 is 0 Å². The van der Waals surface area contributed by atoms with E-state index in [1.165, 1.54) is 0 Å². The lowest BCUT2D eigenvalue weighted by atomic mass is 10.1. The molecule has 0 aliphatic carbocycles. The van der Waals surface area contributed by atoms with Crippen molar-refractivity contribution in [1.82, 2.24) is 15.3 Å². The first-order valence-electron chi connectivity index (χ1n) is 6.03. The van der Waals surface area contributed by atoms with E-state index >= 15 is 0 Å². The van der Waals surface area contributed by atoms with E-state index in [-0.39, 0.29) is 12.5 Å². The third kappa shape index (κ3) is 3.63. The molecule has 5 nitrogen and oxygen atoms in total. The molecule has 2 aromatic heterocycles. The van der Waals surface area contributed by atoms with Crippen molar-refractivity contribution in [3.63, 3.8) is 0 Å². The lowest BCUT2D eigenvalue weighted by molar-refractivity contribution is 0.0951. The van der Waals surface area contributed by atoms with Crippen LogP contribution >= 0.6 is 11.3 Å². The highest BCUT2D eigenvalue weighted by atomic mass is 32.1. The molecule has 0 saturated carbocycles. The number of nitrogens with two attached hydrogens (primary N) is 1. The fourth-order valence-corrected chi connectivity index (χ4v) is 2.32. The predicted molar refractivity (Wildman–Crippen MR) is 78.2 cm³/mol. The zero-order valence-electron chi connectivity index (χ0n) is 11.0. The summed E-state index contributed by atoms with van der Waals surface area (Å²) < 4.78 is 0. The smallest absolute Gasteiger partial charge is 0.252 e. The minimum absolute atomic E-state index is 0.181. The molecule has 2 aromatic rings. The van der Waals surface area contributed by atoms with Gasteiger partial charge in [0, 0.05) is 23.5 Å². The van der Waals surface area contributed by atoms with Crippen LogP contribution < -0.4 is 11.1 Å². The van der Waals surface area contributed by atoms with Crippen LogP contribution in [0.25, 0.3) is 0 Å². The van der Waals surface area contributed by atoms with Gasteiger partial charge in [-0.2, -0.15) is 0 Å². The molecule has 2 rings (SSSR count). The molecule has 20 heavy (non-hydrogen) atoms. The highest BCUT2D eigenvalue weighted by Crippen LogP contribution is 2.11. The first kappa shape index (κ1) is 14.2. The standard InChI is InChI=1S/C14H14N4OS/c1-10-17-8-12(20-10)9-18-14(19)13-4-6-16-7-11(13)3-2-5-15/h4,6-8H,5,9,15H2,1H3,(H,18,19). The lowest BCUT2D eigenvalue weighted by Crippen LogP contribution is -2.23. The molecule has 1 amide bonds. The fraction of sp³-hybridized carbons (Fsp3) is 0.214. The summed E-state index contributed by atoms with van der Waals surface area (Å²) >= 11 is 1.56. The molecule has 0 saturated heterocycles. The number of rotatable bonds is 3. The van der Waals surface area contributed by atoms with Crippen LogP contribution in [0.5, 0.6) is 0 Å². The second kappa shape index (κ2) is 6.80. The van der Waals surface area contributed by atoms with E-state index < -0.39 is 0 Å². The van der Waals surface area contributed by atoms with Crippen molar-refractivity contribution in [2.45, 2.75) is 13.5 Å². The molecule has 0 atom stereocenters. The Balaban J connectivity index is 2.09. The number of nitrogens with one attached hydrogen (secondary N) is 1. The van der Waals surface area contributed by atoms with Gasteiger partial charge in [0.15, 0.2) is 0 Å². The molecular formula is C14H14N4OS. The normalized spacial score (nSPS) is 9.70. The van der Waals surface area contributed by atoms with Crippen molar-refractivity contribution < 1.29 is 4.79 Å². The number of hydrogen-bond donors (Lipinski definition) is 2. The summed E-state index contributed by atoms with van der Waals surface area (Å²) in [4.78, 5) is 21.3. The molecule has 0 aliphatic heterocycles. The Kier molecular flexibility index (Phi) is 4.82. The molecule has 2 heterocycles. The molecule has 0 aliphatic rings. The number of thiazole rings is 1. The molecule has 0 bridgehead atoms. The van der Waals surface area contributed by atoms with Gasteiger partial charge in [-0.05, 0) is 13.0 Å². The van der Waals surface area contributed by atoms with Gasteiger partial charge in [0.25, 0.3) is 5.91 Å². The SMILES string of the molecule is Cc1ncc(CNC(=O)c2ccncc2C#CCN)s1. The Labute approximate surface area is 121 Å². The van der Waals surface area contributed by atoms with Gasteiger partial charge < -0.3 is 11.1 Å². The minimum atomic E-state index is -0.181. The van der Waals surface area contributed by atoms with Crippen LogP contribution in [-0.2, 0) is 6.54 Å². The van der Waals surface area contributed by atoms with E-state index in [2.05, 4.69) is 27.1 Å². The number of pyridine rings is 1. The van der Waals surface area contributed by atoms with Gasteiger partial charge in [0.05, 0.1) is 29.2 Å².